The predicted octanol–water partition coefficient (Wildman–Crippen LogP) is 5.12. The SMILES string of the molecule is COc1cc[c]([Sn]([C]#Cc2ccccc2)([C]#Cc2ccccc2)[C]#Cc2ccccc2)cc1. The molecule has 0 aliphatic rings. The van der Waals surface area contributed by atoms with Crippen molar-refractivity contribution in [1.29, 1.82) is 0 Å². The van der Waals surface area contributed by atoms with Gasteiger partial charge in [-0.05, 0) is 0 Å². The van der Waals surface area contributed by atoms with Crippen LogP contribution in [0.3, 0.4) is 0 Å². The summed E-state index contributed by atoms with van der Waals surface area (Å²) < 4.78 is 17.3. The Morgan fingerprint density at radius 2 is 0.848 bits per heavy atom. The van der Waals surface area contributed by atoms with Gasteiger partial charge in [-0.15, -0.1) is 0 Å². The number of ether oxygens (including phenoxy) is 1. The van der Waals surface area contributed by atoms with E-state index in [-0.39, 0.29) is 0 Å². The first-order valence-electron chi connectivity index (χ1n) is 10.7. The van der Waals surface area contributed by atoms with Crippen LogP contribution in [0.2, 0.25) is 0 Å². The summed E-state index contributed by atoms with van der Waals surface area (Å²) >= 11 is -3.87. The minimum absolute atomic E-state index is 0.807. The van der Waals surface area contributed by atoms with Crippen molar-refractivity contribution in [2.45, 2.75) is 0 Å². The average Bonchev–Trinajstić information content (AvgIpc) is 2.90. The molecule has 0 unspecified atom stereocenters. The zero-order valence-electron chi connectivity index (χ0n) is 18.4. The van der Waals surface area contributed by atoms with E-state index in [0.717, 1.165) is 26.0 Å². The summed E-state index contributed by atoms with van der Waals surface area (Å²) in [5, 5.41) is 0. The van der Waals surface area contributed by atoms with E-state index in [1.807, 2.05) is 103 Å². The molecule has 33 heavy (non-hydrogen) atoms. The van der Waals surface area contributed by atoms with Crippen molar-refractivity contribution in [2.75, 3.05) is 7.11 Å². The van der Waals surface area contributed by atoms with Crippen molar-refractivity contribution in [2.24, 2.45) is 0 Å². The van der Waals surface area contributed by atoms with Crippen molar-refractivity contribution in [1.82, 2.24) is 0 Å². The molecule has 4 aromatic carbocycles. The fraction of sp³-hybridized carbons (Fsp3) is 0.0323. The van der Waals surface area contributed by atoms with Gasteiger partial charge in [0.25, 0.3) is 0 Å². The van der Waals surface area contributed by atoms with E-state index in [4.69, 9.17) is 4.74 Å². The quantitative estimate of drug-likeness (QED) is 0.259. The summed E-state index contributed by atoms with van der Waals surface area (Å²) in [5.74, 6) is 11.0. The molecule has 2 heteroatoms. The van der Waals surface area contributed by atoms with Crippen LogP contribution in [0.4, 0.5) is 0 Å². The van der Waals surface area contributed by atoms with Crippen LogP contribution in [-0.4, -0.2) is 25.5 Å². The molecule has 0 spiro atoms. The van der Waals surface area contributed by atoms with Crippen LogP contribution in [0.5, 0.6) is 5.75 Å². The van der Waals surface area contributed by atoms with E-state index in [9.17, 15) is 0 Å². The Bertz CT molecular complexity index is 1230. The van der Waals surface area contributed by atoms with Crippen LogP contribution in [0.1, 0.15) is 16.7 Å². The van der Waals surface area contributed by atoms with Crippen molar-refractivity contribution < 1.29 is 4.74 Å². The number of methoxy groups -OCH3 is 1. The Hall–Kier alpha value is -3.84. The van der Waals surface area contributed by atoms with E-state index in [2.05, 4.69) is 41.7 Å². The van der Waals surface area contributed by atoms with E-state index in [1.54, 1.807) is 7.11 Å². The minimum atomic E-state index is -3.87. The predicted molar refractivity (Wildman–Crippen MR) is 138 cm³/mol. The van der Waals surface area contributed by atoms with E-state index in [0.29, 0.717) is 0 Å². The second kappa shape index (κ2) is 11.2. The topological polar surface area (TPSA) is 9.23 Å². The second-order valence-corrected chi connectivity index (χ2v) is 15.4. The molecule has 0 aliphatic heterocycles. The molecule has 1 nitrogen and oxygen atoms in total. The van der Waals surface area contributed by atoms with Crippen molar-refractivity contribution >= 4 is 22.0 Å². The molecule has 0 atom stereocenters. The van der Waals surface area contributed by atoms with Crippen LogP contribution < -0.4 is 8.32 Å². The van der Waals surface area contributed by atoms with Crippen molar-refractivity contribution in [3.63, 3.8) is 0 Å². The molecule has 156 valence electrons. The van der Waals surface area contributed by atoms with Gasteiger partial charge in [0, 0.05) is 0 Å². The Morgan fingerprint density at radius 1 is 0.485 bits per heavy atom. The van der Waals surface area contributed by atoms with Crippen molar-refractivity contribution in [3.05, 3.63) is 132 Å². The molecule has 0 saturated carbocycles. The molecule has 4 aromatic rings. The summed E-state index contributed by atoms with van der Waals surface area (Å²) in [6.45, 7) is 0. The van der Waals surface area contributed by atoms with Gasteiger partial charge < -0.3 is 0 Å². The third-order valence-electron chi connectivity index (χ3n) is 5.03. The summed E-state index contributed by atoms with van der Waals surface area (Å²) in [5.41, 5.74) is 2.90. The first kappa shape index (κ1) is 22.4. The zero-order valence-corrected chi connectivity index (χ0v) is 21.2. The van der Waals surface area contributed by atoms with E-state index in [1.165, 1.54) is 0 Å². The fourth-order valence-electron chi connectivity index (χ4n) is 3.21. The average molecular weight is 529 g/mol. The number of hydrogen-bond donors (Lipinski definition) is 0. The Morgan fingerprint density at radius 3 is 1.18 bits per heavy atom. The Labute approximate surface area is 200 Å². The van der Waals surface area contributed by atoms with Gasteiger partial charge in [0.05, 0.1) is 0 Å². The first-order valence-corrected chi connectivity index (χ1v) is 16.4. The van der Waals surface area contributed by atoms with Gasteiger partial charge in [0.15, 0.2) is 0 Å². The standard InChI is InChI=1S/3C8H5.C7H7O.Sn/c3*1-2-8-6-4-3-5-7-8;1-8-7-5-3-2-4-6-7;/h3*3-7H;3-6H,1H3;. The van der Waals surface area contributed by atoms with Gasteiger partial charge in [-0.25, -0.2) is 0 Å². The van der Waals surface area contributed by atoms with Crippen LogP contribution in [0.25, 0.3) is 0 Å². The third-order valence-corrected chi connectivity index (χ3v) is 12.7. The Balaban J connectivity index is 1.92. The molecule has 0 amide bonds. The van der Waals surface area contributed by atoms with E-state index >= 15 is 0 Å². The first-order chi connectivity index (χ1) is 16.3. The molecule has 0 N–H and O–H groups in total. The molecule has 0 radical (unpaired) electrons. The monoisotopic (exact) mass is 530 g/mol. The summed E-state index contributed by atoms with van der Waals surface area (Å²) in [7, 11) is 1.67. The molecule has 0 fully saturated rings. The Kier molecular flexibility index (Phi) is 7.55. The molecule has 0 aliphatic carbocycles. The van der Waals surface area contributed by atoms with Gasteiger partial charge in [0.2, 0.25) is 0 Å². The molecule has 0 aromatic heterocycles. The summed E-state index contributed by atoms with van der Waals surface area (Å²) in [6, 6.07) is 38.2. The van der Waals surface area contributed by atoms with Crippen LogP contribution >= 0.6 is 0 Å². The molecular weight excluding hydrogens is 507 g/mol. The molecule has 0 heterocycles. The maximum absolute atomic E-state index is 5.38. The number of benzene rings is 4. The van der Waals surface area contributed by atoms with Crippen molar-refractivity contribution in [3.8, 4) is 35.3 Å². The van der Waals surface area contributed by atoms with Crippen LogP contribution in [0.15, 0.2) is 115 Å². The van der Waals surface area contributed by atoms with Gasteiger partial charge >= 0.3 is 201 Å². The fourth-order valence-corrected chi connectivity index (χ4v) is 9.73. The van der Waals surface area contributed by atoms with Gasteiger partial charge in [-0.2, -0.15) is 0 Å². The molecule has 0 bridgehead atoms. The summed E-state index contributed by atoms with van der Waals surface area (Å²) in [6.07, 6.45) is 0. The van der Waals surface area contributed by atoms with Gasteiger partial charge in [0.1, 0.15) is 0 Å². The second-order valence-electron chi connectivity index (χ2n) is 7.33. The zero-order chi connectivity index (χ0) is 22.8. The normalized spacial score (nSPS) is 9.85. The molecule has 4 rings (SSSR count). The maximum atomic E-state index is 5.38. The van der Waals surface area contributed by atoms with Gasteiger partial charge in [-0.1, -0.05) is 0 Å². The van der Waals surface area contributed by atoms with Gasteiger partial charge in [-0.3, -0.25) is 0 Å². The summed E-state index contributed by atoms with van der Waals surface area (Å²) in [4.78, 5) is 0. The third kappa shape index (κ3) is 6.11. The molecule has 0 saturated heterocycles. The number of rotatable bonds is 2. The van der Waals surface area contributed by atoms with E-state index < -0.39 is 18.4 Å². The van der Waals surface area contributed by atoms with Crippen LogP contribution in [0, 0.1) is 29.6 Å². The molecular formula is C31H22OSn. The number of hydrogen-bond acceptors (Lipinski definition) is 1. The van der Waals surface area contributed by atoms with Crippen LogP contribution in [-0.2, 0) is 0 Å².